The van der Waals surface area contributed by atoms with Gasteiger partial charge >= 0.3 is 0 Å². The highest BCUT2D eigenvalue weighted by atomic mass is 14.9. The van der Waals surface area contributed by atoms with Crippen LogP contribution in [0.1, 0.15) is 5.56 Å². The maximum Gasteiger partial charge on any atom is 0.160 e. The van der Waals surface area contributed by atoms with Crippen LogP contribution in [0, 0.1) is 11.3 Å². The number of benzene rings is 7. The number of nitrogens with zero attached hydrogens (tertiary/aromatic N) is 3. The Morgan fingerprint density at radius 3 is 1.38 bits per heavy atom. The third-order valence-corrected chi connectivity index (χ3v) is 8.76. The second-order valence-corrected chi connectivity index (χ2v) is 11.7. The van der Waals surface area contributed by atoms with E-state index in [2.05, 4.69) is 121 Å². The van der Waals surface area contributed by atoms with Crippen molar-refractivity contribution in [2.45, 2.75) is 0 Å². The number of fused-ring (bicyclic) bond motifs is 1. The van der Waals surface area contributed by atoms with E-state index < -0.39 is 0 Å². The maximum atomic E-state index is 9.15. The lowest BCUT2D eigenvalue weighted by atomic mass is 9.91. The van der Waals surface area contributed by atoms with Gasteiger partial charge in [-0.2, -0.15) is 5.26 Å². The fourth-order valence-corrected chi connectivity index (χ4v) is 6.30. The van der Waals surface area contributed by atoms with Crippen LogP contribution >= 0.6 is 0 Å². The van der Waals surface area contributed by atoms with E-state index in [9.17, 15) is 0 Å². The topological polar surface area (TPSA) is 49.6 Å². The van der Waals surface area contributed by atoms with E-state index in [1.54, 1.807) is 0 Å². The molecule has 0 bridgehead atoms. The largest absolute Gasteiger partial charge is 0.228 e. The van der Waals surface area contributed by atoms with Crippen molar-refractivity contribution in [2.24, 2.45) is 0 Å². The number of rotatable bonds is 6. The average Bonchev–Trinajstić information content (AvgIpc) is 3.18. The Bertz CT molecular complexity index is 2370. The molecule has 0 saturated heterocycles. The van der Waals surface area contributed by atoms with Gasteiger partial charge in [0.15, 0.2) is 5.82 Å². The predicted molar refractivity (Wildman–Crippen MR) is 197 cm³/mol. The van der Waals surface area contributed by atoms with Crippen LogP contribution in [-0.2, 0) is 0 Å². The molecule has 0 saturated carbocycles. The van der Waals surface area contributed by atoms with E-state index in [-0.39, 0.29) is 0 Å². The molecular weight excluding hydrogens is 583 g/mol. The van der Waals surface area contributed by atoms with Crippen LogP contribution < -0.4 is 0 Å². The summed E-state index contributed by atoms with van der Waals surface area (Å²) >= 11 is 0. The number of hydrogen-bond acceptors (Lipinski definition) is 3. The lowest BCUT2D eigenvalue weighted by molar-refractivity contribution is 1.18. The Labute approximate surface area is 280 Å². The van der Waals surface area contributed by atoms with Gasteiger partial charge in [-0.25, -0.2) is 9.97 Å². The molecule has 8 aromatic rings. The van der Waals surface area contributed by atoms with Crippen LogP contribution in [-0.4, -0.2) is 9.97 Å². The fourth-order valence-electron chi connectivity index (χ4n) is 6.30. The Morgan fingerprint density at radius 2 is 0.812 bits per heavy atom. The van der Waals surface area contributed by atoms with E-state index in [0.29, 0.717) is 11.4 Å². The molecule has 3 nitrogen and oxygen atoms in total. The maximum absolute atomic E-state index is 9.15. The first-order chi connectivity index (χ1) is 23.7. The third kappa shape index (κ3) is 5.64. The van der Waals surface area contributed by atoms with Crippen molar-refractivity contribution in [1.29, 1.82) is 5.26 Å². The van der Waals surface area contributed by atoms with Crippen LogP contribution in [0.2, 0.25) is 0 Å². The number of aromatic nitrogens is 2. The second-order valence-electron chi connectivity index (χ2n) is 11.7. The highest BCUT2D eigenvalue weighted by Gasteiger charge is 2.14. The summed E-state index contributed by atoms with van der Waals surface area (Å²) in [6, 6.07) is 62.8. The minimum atomic E-state index is 0.664. The quantitative estimate of drug-likeness (QED) is 0.188. The van der Waals surface area contributed by atoms with E-state index >= 15 is 0 Å². The van der Waals surface area contributed by atoms with Crippen molar-refractivity contribution in [3.63, 3.8) is 0 Å². The van der Waals surface area contributed by atoms with Crippen molar-refractivity contribution in [2.75, 3.05) is 0 Å². The molecule has 0 N–H and O–H groups in total. The molecule has 3 heteroatoms. The van der Waals surface area contributed by atoms with Gasteiger partial charge in [0.1, 0.15) is 0 Å². The first-order valence-electron chi connectivity index (χ1n) is 16.0. The molecule has 0 aliphatic rings. The van der Waals surface area contributed by atoms with E-state index in [1.807, 2.05) is 60.7 Å². The molecular formula is C45H29N3. The number of hydrogen-bond donors (Lipinski definition) is 0. The molecule has 0 spiro atoms. The van der Waals surface area contributed by atoms with Crippen LogP contribution in [0.5, 0.6) is 0 Å². The van der Waals surface area contributed by atoms with Gasteiger partial charge in [-0.05, 0) is 68.4 Å². The first-order valence-corrected chi connectivity index (χ1v) is 16.0. The first kappa shape index (κ1) is 28.8. The molecule has 0 atom stereocenters. The molecule has 0 aliphatic heterocycles. The van der Waals surface area contributed by atoms with Crippen LogP contribution in [0.3, 0.4) is 0 Å². The molecule has 48 heavy (non-hydrogen) atoms. The molecule has 1 heterocycles. The molecule has 224 valence electrons. The van der Waals surface area contributed by atoms with Gasteiger partial charge in [0.25, 0.3) is 0 Å². The van der Waals surface area contributed by atoms with Crippen molar-refractivity contribution in [1.82, 2.24) is 9.97 Å². The standard InChI is InChI=1S/C45H29N3/c46-30-31-18-20-32(21-19-31)33-22-24-34(25-23-33)39-26-27-40(42-17-8-7-16-41(39)42)37-14-9-15-38(28-37)45-47-43(35-10-3-1-4-11-35)29-44(48-45)36-12-5-2-6-13-36/h1-29H. The van der Waals surface area contributed by atoms with E-state index in [0.717, 1.165) is 55.9 Å². The molecule has 0 amide bonds. The molecule has 0 aliphatic carbocycles. The van der Waals surface area contributed by atoms with Gasteiger partial charge in [0, 0.05) is 16.7 Å². The van der Waals surface area contributed by atoms with Crippen LogP contribution in [0.4, 0.5) is 0 Å². The second kappa shape index (κ2) is 12.6. The summed E-state index contributed by atoms with van der Waals surface area (Å²) in [6.07, 6.45) is 0. The van der Waals surface area contributed by atoms with Crippen molar-refractivity contribution >= 4 is 10.8 Å². The lowest BCUT2D eigenvalue weighted by Gasteiger charge is -2.14. The molecule has 0 fully saturated rings. The zero-order chi connectivity index (χ0) is 32.3. The van der Waals surface area contributed by atoms with E-state index in [1.165, 1.54) is 16.3 Å². The molecule has 1 aromatic heterocycles. The van der Waals surface area contributed by atoms with Gasteiger partial charge in [0.2, 0.25) is 0 Å². The van der Waals surface area contributed by atoms with Gasteiger partial charge in [0.05, 0.1) is 23.0 Å². The van der Waals surface area contributed by atoms with Crippen molar-refractivity contribution < 1.29 is 0 Å². The van der Waals surface area contributed by atoms with E-state index in [4.69, 9.17) is 15.2 Å². The fraction of sp³-hybridized carbons (Fsp3) is 0. The van der Waals surface area contributed by atoms with Gasteiger partial charge < -0.3 is 0 Å². The average molecular weight is 612 g/mol. The Balaban J connectivity index is 1.19. The molecule has 7 aromatic carbocycles. The Kier molecular flexibility index (Phi) is 7.59. The summed E-state index contributed by atoms with van der Waals surface area (Å²) in [7, 11) is 0. The summed E-state index contributed by atoms with van der Waals surface area (Å²) in [4.78, 5) is 10.1. The summed E-state index contributed by atoms with van der Waals surface area (Å²) in [6.45, 7) is 0. The van der Waals surface area contributed by atoms with Gasteiger partial charge in [-0.15, -0.1) is 0 Å². The highest BCUT2D eigenvalue weighted by molar-refractivity contribution is 6.05. The summed E-state index contributed by atoms with van der Waals surface area (Å²) in [5.41, 5.74) is 12.4. The summed E-state index contributed by atoms with van der Waals surface area (Å²) in [5, 5.41) is 11.5. The highest BCUT2D eigenvalue weighted by Crippen LogP contribution is 2.38. The summed E-state index contributed by atoms with van der Waals surface area (Å²) in [5.74, 6) is 0.695. The molecule has 0 unspecified atom stereocenters. The van der Waals surface area contributed by atoms with Crippen LogP contribution in [0.25, 0.3) is 78.1 Å². The van der Waals surface area contributed by atoms with Gasteiger partial charge in [-0.1, -0.05) is 152 Å². The Morgan fingerprint density at radius 1 is 0.354 bits per heavy atom. The van der Waals surface area contributed by atoms with Crippen molar-refractivity contribution in [3.8, 4) is 73.4 Å². The third-order valence-electron chi connectivity index (χ3n) is 8.76. The molecule has 8 rings (SSSR count). The zero-order valence-electron chi connectivity index (χ0n) is 26.1. The molecule has 0 radical (unpaired) electrons. The van der Waals surface area contributed by atoms with Crippen LogP contribution in [0.15, 0.2) is 176 Å². The SMILES string of the molecule is N#Cc1ccc(-c2ccc(-c3ccc(-c4cccc(-c5nc(-c6ccccc6)cc(-c6ccccc6)n5)c4)c4ccccc34)cc2)cc1. The minimum Gasteiger partial charge on any atom is -0.228 e. The Hall–Kier alpha value is -6.63. The smallest absolute Gasteiger partial charge is 0.160 e. The van der Waals surface area contributed by atoms with Gasteiger partial charge in [-0.3, -0.25) is 0 Å². The van der Waals surface area contributed by atoms with Crippen molar-refractivity contribution in [3.05, 3.63) is 181 Å². The monoisotopic (exact) mass is 611 g/mol. The number of nitriles is 1. The normalized spacial score (nSPS) is 10.9. The lowest BCUT2D eigenvalue weighted by Crippen LogP contribution is -1.96. The minimum absolute atomic E-state index is 0.664. The zero-order valence-corrected chi connectivity index (χ0v) is 26.1. The summed E-state index contributed by atoms with van der Waals surface area (Å²) < 4.78 is 0. The predicted octanol–water partition coefficient (Wildman–Crippen LogP) is 11.5.